The number of carboxylic acids is 1. The smallest absolute Gasteiger partial charge is 0.336 e. The molecule has 17 heavy (non-hydrogen) atoms. The molecule has 2 aromatic carbocycles. The van der Waals surface area contributed by atoms with E-state index in [1.165, 1.54) is 13.2 Å². The van der Waals surface area contributed by atoms with Gasteiger partial charge in [-0.1, -0.05) is 36.4 Å². The molecule has 0 amide bonds. The summed E-state index contributed by atoms with van der Waals surface area (Å²) in [6.07, 6.45) is 1.50. The fourth-order valence-corrected chi connectivity index (χ4v) is 1.41. The average Bonchev–Trinajstić information content (AvgIpc) is 2.29. The van der Waals surface area contributed by atoms with Gasteiger partial charge in [0.1, 0.15) is 0 Å². The number of rotatable bonds is 1. The van der Waals surface area contributed by atoms with Crippen molar-refractivity contribution in [1.29, 1.82) is 0 Å². The molecule has 0 fully saturated rings. The van der Waals surface area contributed by atoms with Gasteiger partial charge in [-0.2, -0.15) is 0 Å². The third-order valence-electron chi connectivity index (χ3n) is 2.02. The number of hydrogen-bond donors (Lipinski definition) is 1. The summed E-state index contributed by atoms with van der Waals surface area (Å²) in [5.41, 5.74) is 0.359. The first-order valence-corrected chi connectivity index (χ1v) is 4.70. The van der Waals surface area contributed by atoms with E-state index in [9.17, 15) is 4.79 Å². The molecule has 0 saturated carbocycles. The Balaban J connectivity index is 0.000000583. The van der Waals surface area contributed by atoms with Gasteiger partial charge in [-0.15, -0.1) is 0 Å². The normalized spacial score (nSPS) is 8.53. The van der Waals surface area contributed by atoms with E-state index in [0.717, 1.165) is 10.8 Å². The molecular weight excluding hydrogens is 344 g/mol. The summed E-state index contributed by atoms with van der Waals surface area (Å²) in [6.45, 7) is 1.32. The van der Waals surface area contributed by atoms with Crippen molar-refractivity contribution in [3.63, 3.8) is 0 Å². The molecule has 3 nitrogen and oxygen atoms in total. The molecule has 0 saturated heterocycles. The Bertz CT molecular complexity index is 503. The van der Waals surface area contributed by atoms with E-state index < -0.39 is 5.97 Å². The zero-order chi connectivity index (χ0) is 12.0. The molecule has 0 aliphatic rings. The van der Waals surface area contributed by atoms with E-state index in [1.807, 2.05) is 30.3 Å². The maximum absolute atomic E-state index is 10.8. The van der Waals surface area contributed by atoms with Crippen LogP contribution in [0, 0.1) is 41.7 Å². The van der Waals surface area contributed by atoms with Crippen LogP contribution in [0.2, 0.25) is 0 Å². The van der Waals surface area contributed by atoms with Crippen LogP contribution in [-0.4, -0.2) is 17.4 Å². The second-order valence-corrected chi connectivity index (χ2v) is 3.04. The minimum Gasteiger partial charge on any atom is -0.478 e. The van der Waals surface area contributed by atoms with Gasteiger partial charge in [0.2, 0.25) is 0 Å². The van der Waals surface area contributed by atoms with Crippen molar-refractivity contribution in [2.24, 2.45) is 0 Å². The molecule has 0 unspecified atom stereocenters. The molecule has 2 rings (SSSR count). The number of carbonyl (C=O) groups is 1. The maximum Gasteiger partial charge on any atom is 0.336 e. The molecule has 4 heteroatoms. The molecule has 0 aliphatic heterocycles. The predicted octanol–water partition coefficient (Wildman–Crippen LogP) is 2.65. The third-order valence-corrected chi connectivity index (χ3v) is 2.02. The number of fused-ring (bicyclic) bond motifs is 1. The number of hydrogen-bond acceptors (Lipinski definition) is 2. The maximum atomic E-state index is 10.8. The van der Waals surface area contributed by atoms with Gasteiger partial charge in [0, 0.05) is 48.7 Å². The van der Waals surface area contributed by atoms with Crippen molar-refractivity contribution in [2.45, 2.75) is 6.92 Å². The van der Waals surface area contributed by atoms with Gasteiger partial charge >= 0.3 is 5.97 Å². The Morgan fingerprint density at radius 3 is 2.24 bits per heavy atom. The van der Waals surface area contributed by atoms with Gasteiger partial charge in [-0.25, -0.2) is 4.79 Å². The van der Waals surface area contributed by atoms with Gasteiger partial charge in [0.05, 0.1) is 5.56 Å². The molecule has 0 atom stereocenters. The standard InChI is InChI=1S/C11H8O2.C2H3O.Ce/c12-11(13)10-7-3-5-8-4-1-2-6-9(8)10;1-2-3;/h1-7H,(H,12,13);1H3;. The Labute approximate surface area is 133 Å². The summed E-state index contributed by atoms with van der Waals surface area (Å²) in [6, 6.07) is 12.7. The molecule has 1 N–H and O–H groups in total. The molecule has 0 bridgehead atoms. The van der Waals surface area contributed by atoms with E-state index in [4.69, 9.17) is 9.90 Å². The molecule has 2 aromatic rings. The van der Waals surface area contributed by atoms with Gasteiger partial charge in [0.15, 0.2) is 6.29 Å². The van der Waals surface area contributed by atoms with Crippen LogP contribution in [-0.2, 0) is 4.79 Å². The molecule has 0 aliphatic carbocycles. The molecule has 0 heterocycles. The largest absolute Gasteiger partial charge is 0.478 e. The predicted molar refractivity (Wildman–Crippen MR) is 62.3 cm³/mol. The van der Waals surface area contributed by atoms with Crippen LogP contribution < -0.4 is 0 Å². The van der Waals surface area contributed by atoms with Gasteiger partial charge < -0.3 is 5.11 Å². The molecule has 0 spiro atoms. The van der Waals surface area contributed by atoms with Crippen LogP contribution in [0.25, 0.3) is 10.8 Å². The Morgan fingerprint density at radius 2 is 1.65 bits per heavy atom. The molecule has 0 aromatic heterocycles. The van der Waals surface area contributed by atoms with Crippen molar-refractivity contribution in [2.75, 3.05) is 0 Å². The van der Waals surface area contributed by atoms with Crippen LogP contribution in [0.5, 0.6) is 0 Å². The van der Waals surface area contributed by atoms with Crippen molar-refractivity contribution >= 4 is 23.0 Å². The van der Waals surface area contributed by atoms with Crippen LogP contribution in [0.3, 0.4) is 0 Å². The Hall–Kier alpha value is -0.783. The fourth-order valence-electron chi connectivity index (χ4n) is 1.41. The number of benzene rings is 2. The summed E-state index contributed by atoms with van der Waals surface area (Å²) in [7, 11) is 0. The number of aromatic carboxylic acids is 1. The van der Waals surface area contributed by atoms with Gasteiger partial charge in [-0.05, 0) is 16.8 Å². The van der Waals surface area contributed by atoms with E-state index >= 15 is 0 Å². The fraction of sp³-hybridized carbons (Fsp3) is 0.0769. The first-order chi connectivity index (χ1) is 7.70. The summed E-state index contributed by atoms with van der Waals surface area (Å²) in [4.78, 5) is 19.5. The summed E-state index contributed by atoms with van der Waals surface area (Å²) >= 11 is 0. The van der Waals surface area contributed by atoms with E-state index in [-0.39, 0.29) is 41.7 Å². The van der Waals surface area contributed by atoms with Crippen LogP contribution in [0.4, 0.5) is 0 Å². The van der Waals surface area contributed by atoms with Crippen molar-refractivity contribution in [1.82, 2.24) is 0 Å². The Morgan fingerprint density at radius 1 is 1.12 bits per heavy atom. The van der Waals surface area contributed by atoms with Crippen LogP contribution in [0.1, 0.15) is 17.3 Å². The first kappa shape index (κ1) is 16.2. The zero-order valence-electron chi connectivity index (χ0n) is 9.31. The second-order valence-electron chi connectivity index (χ2n) is 3.04. The number of carbonyl (C=O) groups excluding carboxylic acids is 1. The average molecular weight is 355 g/mol. The van der Waals surface area contributed by atoms with E-state index in [0.29, 0.717) is 5.56 Å². The molecule has 85 valence electrons. The number of carboxylic acid groups (broad SMARTS) is 1. The van der Waals surface area contributed by atoms with Crippen molar-refractivity contribution in [3.05, 3.63) is 48.0 Å². The summed E-state index contributed by atoms with van der Waals surface area (Å²) < 4.78 is 0. The van der Waals surface area contributed by atoms with Crippen LogP contribution >= 0.6 is 0 Å². The molecular formula is C13H11CeO3. The van der Waals surface area contributed by atoms with Gasteiger partial charge in [-0.3, -0.25) is 4.79 Å². The van der Waals surface area contributed by atoms with Crippen molar-refractivity contribution < 1.29 is 56.4 Å². The monoisotopic (exact) mass is 355 g/mol. The van der Waals surface area contributed by atoms with Crippen LogP contribution in [0.15, 0.2) is 42.5 Å². The quantitative estimate of drug-likeness (QED) is 0.856. The first-order valence-electron chi connectivity index (χ1n) is 4.70. The van der Waals surface area contributed by atoms with Crippen molar-refractivity contribution in [3.8, 4) is 0 Å². The summed E-state index contributed by atoms with van der Waals surface area (Å²) in [5.74, 6) is -0.878. The molecule has 1 radical (unpaired) electrons. The minimum atomic E-state index is -0.878. The minimum absolute atomic E-state index is 0. The summed E-state index contributed by atoms with van der Waals surface area (Å²) in [5, 5.41) is 10.6. The van der Waals surface area contributed by atoms with E-state index in [1.54, 1.807) is 12.1 Å². The topological polar surface area (TPSA) is 54.4 Å². The third kappa shape index (κ3) is 4.53. The SMILES string of the molecule is C[C]=O.O=C(O)c1cccc2ccccc12.[Ce]. The zero-order valence-corrected chi connectivity index (χ0v) is 12.4. The Kier molecular flexibility index (Phi) is 7.94. The second kappa shape index (κ2) is 8.33. The van der Waals surface area contributed by atoms with Gasteiger partial charge in [0.25, 0.3) is 0 Å². The van der Waals surface area contributed by atoms with E-state index in [2.05, 4.69) is 0 Å².